The van der Waals surface area contributed by atoms with Crippen LogP contribution in [0, 0.1) is 6.92 Å². The Morgan fingerprint density at radius 1 is 1.14 bits per heavy atom. The van der Waals surface area contributed by atoms with Crippen LogP contribution in [0.3, 0.4) is 0 Å². The normalized spacial score (nSPS) is 20.0. The van der Waals surface area contributed by atoms with Gasteiger partial charge in [-0.2, -0.15) is 5.10 Å². The third-order valence-corrected chi connectivity index (χ3v) is 8.63. The van der Waals surface area contributed by atoms with E-state index in [4.69, 9.17) is 11.6 Å². The number of hydrogen-bond acceptors (Lipinski definition) is 5. The van der Waals surface area contributed by atoms with Gasteiger partial charge in [-0.15, -0.1) is 0 Å². The third-order valence-electron chi connectivity index (χ3n) is 8.32. The lowest BCUT2D eigenvalue weighted by atomic mass is 9.99. The molecule has 3 N–H and O–H groups in total. The second kappa shape index (κ2) is 10.3. The van der Waals surface area contributed by atoms with Crippen molar-refractivity contribution in [3.05, 3.63) is 100 Å². The van der Waals surface area contributed by atoms with Crippen LogP contribution in [0.15, 0.2) is 67.1 Å². The average Bonchev–Trinajstić information content (AvgIpc) is 3.33. The second-order valence-electron chi connectivity index (χ2n) is 10.9. The number of nitrogens with one attached hydrogen (secondary N) is 3. The van der Waals surface area contributed by atoms with Crippen molar-refractivity contribution in [1.29, 1.82) is 0 Å². The maximum Gasteiger partial charge on any atom is 0.324 e. The first-order valence-electron chi connectivity index (χ1n) is 13.9. The van der Waals surface area contributed by atoms with Crippen LogP contribution < -0.4 is 10.6 Å². The molecule has 212 valence electrons. The van der Waals surface area contributed by atoms with E-state index in [-0.39, 0.29) is 30.8 Å². The fourth-order valence-electron chi connectivity index (χ4n) is 6.02. The number of carbonyl (C=O) groups excluding carboxylic acids is 3. The fraction of sp³-hybridized carbons (Fsp3) is 0.258. The Balaban J connectivity index is 0.971. The molecule has 4 amide bonds. The van der Waals surface area contributed by atoms with Gasteiger partial charge in [-0.25, -0.2) is 14.3 Å². The largest absolute Gasteiger partial charge is 0.360 e. The van der Waals surface area contributed by atoms with Gasteiger partial charge in [0.05, 0.1) is 22.4 Å². The van der Waals surface area contributed by atoms with Gasteiger partial charge in [-0.1, -0.05) is 29.8 Å². The maximum absolute atomic E-state index is 13.0. The molecule has 11 heteroatoms. The highest BCUT2D eigenvalue weighted by atomic mass is 35.5. The van der Waals surface area contributed by atoms with Crippen molar-refractivity contribution in [3.8, 4) is 0 Å². The number of aromatic nitrogens is 4. The minimum atomic E-state index is -0.680. The van der Waals surface area contributed by atoms with Crippen molar-refractivity contribution in [2.45, 2.75) is 37.6 Å². The molecule has 3 aromatic heterocycles. The Hall–Kier alpha value is -4.70. The first kappa shape index (κ1) is 26.2. The minimum Gasteiger partial charge on any atom is -0.360 e. The first-order valence-corrected chi connectivity index (χ1v) is 14.3. The zero-order valence-electron chi connectivity index (χ0n) is 22.8. The molecule has 2 unspecified atom stereocenters. The number of carbonyl (C=O) groups is 3. The van der Waals surface area contributed by atoms with Crippen LogP contribution in [0.25, 0.3) is 16.6 Å². The monoisotopic (exact) mass is 581 g/mol. The van der Waals surface area contributed by atoms with Crippen LogP contribution in [-0.4, -0.2) is 61.5 Å². The molecule has 2 fully saturated rings. The highest BCUT2D eigenvalue weighted by Gasteiger charge is 2.43. The predicted octanol–water partition coefficient (Wildman–Crippen LogP) is 4.34. The molecule has 42 heavy (non-hydrogen) atoms. The highest BCUT2D eigenvalue weighted by molar-refractivity contribution is 6.35. The number of nitrogens with zero attached hydrogens (tertiary/aromatic N) is 4. The topological polar surface area (TPSA) is 124 Å². The lowest BCUT2D eigenvalue weighted by Gasteiger charge is -2.14. The molecule has 0 radical (unpaired) electrons. The van der Waals surface area contributed by atoms with E-state index < -0.39 is 12.1 Å². The van der Waals surface area contributed by atoms with E-state index in [1.807, 2.05) is 53.3 Å². The van der Waals surface area contributed by atoms with Gasteiger partial charge in [0, 0.05) is 48.8 Å². The number of rotatable bonds is 8. The summed E-state index contributed by atoms with van der Waals surface area (Å²) in [6.07, 6.45) is 6.76. The van der Waals surface area contributed by atoms with Crippen molar-refractivity contribution in [1.82, 2.24) is 35.1 Å². The van der Waals surface area contributed by atoms with E-state index in [0.29, 0.717) is 22.9 Å². The van der Waals surface area contributed by atoms with E-state index in [0.717, 1.165) is 50.3 Å². The van der Waals surface area contributed by atoms with Gasteiger partial charge in [0.15, 0.2) is 5.65 Å². The summed E-state index contributed by atoms with van der Waals surface area (Å²) in [5, 5.41) is 11.6. The summed E-state index contributed by atoms with van der Waals surface area (Å²) in [5.41, 5.74) is 6.40. The summed E-state index contributed by atoms with van der Waals surface area (Å²) < 4.78 is 1.88. The number of amides is 4. The molecule has 4 heterocycles. The van der Waals surface area contributed by atoms with Crippen LogP contribution >= 0.6 is 11.6 Å². The molecule has 3 atom stereocenters. The summed E-state index contributed by atoms with van der Waals surface area (Å²) in [7, 11) is 0. The minimum absolute atomic E-state index is 0.0807. The van der Waals surface area contributed by atoms with Crippen LogP contribution in [0.5, 0.6) is 0 Å². The number of aromatic amines is 1. The Morgan fingerprint density at radius 2 is 2.02 bits per heavy atom. The fourth-order valence-corrected chi connectivity index (χ4v) is 6.25. The molecule has 0 bridgehead atoms. The molecule has 0 spiro atoms. The Bertz CT molecular complexity index is 1880. The van der Waals surface area contributed by atoms with Crippen LogP contribution in [0.4, 0.5) is 4.79 Å². The third kappa shape index (κ3) is 4.57. The van der Waals surface area contributed by atoms with E-state index in [1.54, 1.807) is 18.3 Å². The number of H-pyrrole nitrogens is 1. The van der Waals surface area contributed by atoms with Crippen molar-refractivity contribution >= 4 is 46.0 Å². The van der Waals surface area contributed by atoms with Gasteiger partial charge < -0.3 is 15.6 Å². The molecule has 5 aromatic rings. The number of aryl methyl sites for hydroxylation is 1. The van der Waals surface area contributed by atoms with E-state index in [1.165, 1.54) is 0 Å². The Kier molecular flexibility index (Phi) is 6.42. The molecule has 1 saturated carbocycles. The van der Waals surface area contributed by atoms with Gasteiger partial charge in [-0.3, -0.25) is 14.5 Å². The summed E-state index contributed by atoms with van der Waals surface area (Å²) in [5.74, 6) is 0.0191. The SMILES string of the molecule is Cc1ccc(C(=O)NCCN2C(=O)NC(Cc3c[nH]c4c(Cl)cccc34)C2=O)cc1C1C[C@@H]1c1cnc2cccnn12. The molecular formula is C31H28ClN7O3. The van der Waals surface area contributed by atoms with Gasteiger partial charge in [0.2, 0.25) is 0 Å². The van der Waals surface area contributed by atoms with Crippen LogP contribution in [0.2, 0.25) is 5.02 Å². The zero-order chi connectivity index (χ0) is 29.0. The van der Waals surface area contributed by atoms with E-state index in [2.05, 4.69) is 32.6 Å². The van der Waals surface area contributed by atoms with Crippen molar-refractivity contribution in [2.24, 2.45) is 0 Å². The van der Waals surface area contributed by atoms with Crippen molar-refractivity contribution in [2.75, 3.05) is 13.1 Å². The molecule has 1 saturated heterocycles. The van der Waals surface area contributed by atoms with Gasteiger partial charge >= 0.3 is 6.03 Å². The number of halogens is 1. The van der Waals surface area contributed by atoms with Crippen LogP contribution in [0.1, 0.15) is 51.0 Å². The van der Waals surface area contributed by atoms with Crippen LogP contribution in [-0.2, 0) is 11.2 Å². The number of imide groups is 1. The smallest absolute Gasteiger partial charge is 0.324 e. The molecule has 2 aromatic carbocycles. The quantitative estimate of drug-likeness (QED) is 0.235. The molecule has 1 aliphatic heterocycles. The Morgan fingerprint density at radius 3 is 2.90 bits per heavy atom. The predicted molar refractivity (Wildman–Crippen MR) is 158 cm³/mol. The lowest BCUT2D eigenvalue weighted by Crippen LogP contribution is -2.39. The maximum atomic E-state index is 13.0. The number of imidazole rings is 1. The lowest BCUT2D eigenvalue weighted by molar-refractivity contribution is -0.127. The van der Waals surface area contributed by atoms with Crippen molar-refractivity contribution < 1.29 is 14.4 Å². The van der Waals surface area contributed by atoms with Gasteiger partial charge in [0.25, 0.3) is 11.8 Å². The second-order valence-corrected chi connectivity index (χ2v) is 11.3. The standard InChI is InChI=1S/C31H28ClN7O3/c1-17-7-8-18(12-21(17)22-14-23(22)26-16-34-27-6-3-9-36-39(26)27)29(40)33-10-11-38-30(41)25(37-31(38)42)13-19-15-35-28-20(19)4-2-5-24(28)32/h2-9,12,15-16,22-23,25,35H,10-11,13-14H2,1H3,(H,33,40)(H,37,42)/t22?,23-,25?/m0/s1. The summed E-state index contributed by atoms with van der Waals surface area (Å²) in [4.78, 5) is 47.5. The number of hydrogen-bond donors (Lipinski definition) is 3. The summed E-state index contributed by atoms with van der Waals surface area (Å²) in [6.45, 7) is 2.28. The highest BCUT2D eigenvalue weighted by Crippen LogP contribution is 2.55. The van der Waals surface area contributed by atoms with E-state index in [9.17, 15) is 14.4 Å². The number of para-hydroxylation sites is 1. The van der Waals surface area contributed by atoms with Crippen molar-refractivity contribution in [3.63, 3.8) is 0 Å². The molecule has 2 aliphatic rings. The molecule has 7 rings (SSSR count). The summed E-state index contributed by atoms with van der Waals surface area (Å²) >= 11 is 6.25. The van der Waals surface area contributed by atoms with Gasteiger partial charge in [-0.05, 0) is 66.3 Å². The number of urea groups is 1. The molecule has 10 nitrogen and oxygen atoms in total. The number of fused-ring (bicyclic) bond motifs is 2. The molecular weight excluding hydrogens is 554 g/mol. The average molecular weight is 582 g/mol. The Labute approximate surface area is 246 Å². The van der Waals surface area contributed by atoms with E-state index >= 15 is 0 Å². The summed E-state index contributed by atoms with van der Waals surface area (Å²) in [6, 6.07) is 14.0. The van der Waals surface area contributed by atoms with Gasteiger partial charge in [0.1, 0.15) is 6.04 Å². The first-order chi connectivity index (χ1) is 20.4. The molecule has 1 aliphatic carbocycles. The zero-order valence-corrected chi connectivity index (χ0v) is 23.6. The number of benzene rings is 2.